The number of carbonyl (C=O) groups is 2. The molecule has 1 aliphatic heterocycles. The van der Waals surface area contributed by atoms with Crippen LogP contribution in [0.2, 0.25) is 5.15 Å². The number of nitrogens with one attached hydrogen (secondary N) is 1. The largest absolute Gasteiger partial charge is 0.322 e. The predicted octanol–water partition coefficient (Wildman–Crippen LogP) is 2.01. The lowest BCUT2D eigenvalue weighted by atomic mass is 10.3. The van der Waals surface area contributed by atoms with Gasteiger partial charge in [-0.3, -0.25) is 9.69 Å². The molecule has 1 aromatic heterocycles. The molecule has 7 nitrogen and oxygen atoms in total. The van der Waals surface area contributed by atoms with Crippen molar-refractivity contribution in [2.24, 2.45) is 0 Å². The first-order valence-corrected chi connectivity index (χ1v) is 7.42. The van der Waals surface area contributed by atoms with Crippen molar-refractivity contribution in [2.75, 3.05) is 29.9 Å². The summed E-state index contributed by atoms with van der Waals surface area (Å²) in [6.07, 6.45) is 0. The van der Waals surface area contributed by atoms with Crippen molar-refractivity contribution in [3.63, 3.8) is 0 Å². The Morgan fingerprint density at radius 1 is 1.09 bits per heavy atom. The fourth-order valence-electron chi connectivity index (χ4n) is 2.27. The molecule has 0 saturated carbocycles. The summed E-state index contributed by atoms with van der Waals surface area (Å²) in [4.78, 5) is 27.4. The Morgan fingerprint density at radius 2 is 1.87 bits per heavy atom. The van der Waals surface area contributed by atoms with Crippen molar-refractivity contribution in [3.8, 4) is 0 Å². The zero-order valence-corrected chi connectivity index (χ0v) is 12.9. The van der Waals surface area contributed by atoms with Crippen molar-refractivity contribution in [3.05, 3.63) is 47.6 Å². The summed E-state index contributed by atoms with van der Waals surface area (Å²) < 4.78 is 0. The summed E-state index contributed by atoms with van der Waals surface area (Å²) in [5, 5.41) is 10.7. The lowest BCUT2D eigenvalue weighted by Gasteiger charge is -2.33. The van der Waals surface area contributed by atoms with Gasteiger partial charge in [-0.1, -0.05) is 29.8 Å². The molecule has 3 amide bonds. The van der Waals surface area contributed by atoms with Gasteiger partial charge in [0.1, 0.15) is 6.54 Å². The van der Waals surface area contributed by atoms with Crippen LogP contribution in [0.25, 0.3) is 0 Å². The Hall–Kier alpha value is -2.67. The highest BCUT2D eigenvalue weighted by Gasteiger charge is 2.28. The van der Waals surface area contributed by atoms with Crippen LogP contribution >= 0.6 is 11.6 Å². The van der Waals surface area contributed by atoms with Crippen LogP contribution in [-0.4, -0.2) is 46.7 Å². The normalized spacial score (nSPS) is 14.7. The number of para-hydroxylation sites is 1. The van der Waals surface area contributed by atoms with Gasteiger partial charge in [-0.15, -0.1) is 10.2 Å². The lowest BCUT2D eigenvalue weighted by Crippen LogP contribution is -2.53. The van der Waals surface area contributed by atoms with Crippen molar-refractivity contribution in [2.45, 2.75) is 0 Å². The van der Waals surface area contributed by atoms with Gasteiger partial charge in [0.25, 0.3) is 0 Å². The molecule has 1 aromatic carbocycles. The molecule has 0 unspecified atom stereocenters. The first kappa shape index (κ1) is 15.2. The molecule has 3 rings (SSSR count). The maximum atomic E-state index is 12.3. The second-order valence-corrected chi connectivity index (χ2v) is 5.36. The van der Waals surface area contributed by atoms with E-state index < -0.39 is 0 Å². The maximum Gasteiger partial charge on any atom is 0.322 e. The second kappa shape index (κ2) is 6.62. The van der Waals surface area contributed by atoms with Gasteiger partial charge in [0.05, 0.1) is 0 Å². The van der Waals surface area contributed by atoms with Crippen molar-refractivity contribution < 1.29 is 9.59 Å². The van der Waals surface area contributed by atoms with Crippen molar-refractivity contribution >= 4 is 35.0 Å². The molecule has 1 N–H and O–H groups in total. The monoisotopic (exact) mass is 331 g/mol. The molecule has 1 saturated heterocycles. The molecule has 118 valence electrons. The highest BCUT2D eigenvalue weighted by atomic mass is 35.5. The van der Waals surface area contributed by atoms with E-state index in [4.69, 9.17) is 11.6 Å². The van der Waals surface area contributed by atoms with Crippen LogP contribution < -0.4 is 10.2 Å². The fraction of sp³-hybridized carbons (Fsp3) is 0.200. The third-order valence-electron chi connectivity index (χ3n) is 3.43. The van der Waals surface area contributed by atoms with E-state index in [2.05, 4.69) is 15.5 Å². The number of amides is 3. The first-order valence-electron chi connectivity index (χ1n) is 7.04. The summed E-state index contributed by atoms with van der Waals surface area (Å²) in [5.41, 5.74) is 0.691. The molecule has 2 aromatic rings. The minimum absolute atomic E-state index is 0.0109. The number of carbonyl (C=O) groups excluding carboxylic acids is 2. The van der Waals surface area contributed by atoms with E-state index in [0.717, 1.165) is 0 Å². The SMILES string of the molecule is O=C(Nc1ccccc1)N1CCN(c2ccc(Cl)nn2)C(=O)C1. The van der Waals surface area contributed by atoms with Crippen molar-refractivity contribution in [1.29, 1.82) is 0 Å². The van der Waals surface area contributed by atoms with E-state index >= 15 is 0 Å². The third kappa shape index (κ3) is 3.57. The molecule has 0 bridgehead atoms. The van der Waals surface area contributed by atoms with E-state index in [-0.39, 0.29) is 23.6 Å². The van der Waals surface area contributed by atoms with Gasteiger partial charge >= 0.3 is 6.03 Å². The molecule has 0 atom stereocenters. The molecule has 23 heavy (non-hydrogen) atoms. The van der Waals surface area contributed by atoms with Gasteiger partial charge in [-0.2, -0.15) is 0 Å². The average Bonchev–Trinajstić information content (AvgIpc) is 2.57. The van der Waals surface area contributed by atoms with Gasteiger partial charge < -0.3 is 10.2 Å². The number of aromatic nitrogens is 2. The summed E-state index contributed by atoms with van der Waals surface area (Å²) in [7, 11) is 0. The third-order valence-corrected chi connectivity index (χ3v) is 3.63. The average molecular weight is 332 g/mol. The molecule has 1 fully saturated rings. The van der Waals surface area contributed by atoms with Gasteiger partial charge in [0, 0.05) is 18.8 Å². The molecular weight excluding hydrogens is 318 g/mol. The fourth-order valence-corrected chi connectivity index (χ4v) is 2.37. The number of hydrogen-bond donors (Lipinski definition) is 1. The number of anilines is 2. The number of rotatable bonds is 2. The van der Waals surface area contributed by atoms with E-state index in [1.54, 1.807) is 24.3 Å². The van der Waals surface area contributed by atoms with Gasteiger partial charge in [-0.25, -0.2) is 4.79 Å². The van der Waals surface area contributed by atoms with Crippen LogP contribution in [0, 0.1) is 0 Å². The van der Waals surface area contributed by atoms with Crippen LogP contribution in [0.5, 0.6) is 0 Å². The summed E-state index contributed by atoms with van der Waals surface area (Å²) in [6, 6.07) is 12.0. The van der Waals surface area contributed by atoms with Crippen LogP contribution in [0.1, 0.15) is 0 Å². The van der Waals surface area contributed by atoms with E-state index in [9.17, 15) is 9.59 Å². The van der Waals surface area contributed by atoms with E-state index in [0.29, 0.717) is 24.6 Å². The number of benzene rings is 1. The molecule has 1 aliphatic rings. The smallest absolute Gasteiger partial charge is 0.313 e. The maximum absolute atomic E-state index is 12.3. The summed E-state index contributed by atoms with van der Waals surface area (Å²) >= 11 is 5.69. The quantitative estimate of drug-likeness (QED) is 0.913. The van der Waals surface area contributed by atoms with Gasteiger partial charge in [0.15, 0.2) is 11.0 Å². The van der Waals surface area contributed by atoms with Crippen molar-refractivity contribution in [1.82, 2.24) is 15.1 Å². The molecule has 0 aliphatic carbocycles. The number of hydrogen-bond acceptors (Lipinski definition) is 4. The summed E-state index contributed by atoms with van der Waals surface area (Å²) in [6.45, 7) is 0.759. The second-order valence-electron chi connectivity index (χ2n) is 4.98. The number of halogens is 1. The summed E-state index contributed by atoms with van der Waals surface area (Å²) in [5.74, 6) is 0.221. The molecule has 8 heteroatoms. The van der Waals surface area contributed by atoms with E-state index in [1.165, 1.54) is 9.80 Å². The van der Waals surface area contributed by atoms with Gasteiger partial charge in [-0.05, 0) is 24.3 Å². The Morgan fingerprint density at radius 3 is 2.52 bits per heavy atom. The Labute approximate surface area is 137 Å². The highest BCUT2D eigenvalue weighted by Crippen LogP contribution is 2.16. The van der Waals surface area contributed by atoms with E-state index in [1.807, 2.05) is 18.2 Å². The minimum Gasteiger partial charge on any atom is -0.313 e. The minimum atomic E-state index is -0.300. The van der Waals surface area contributed by atoms with Crippen LogP contribution in [0.15, 0.2) is 42.5 Å². The zero-order valence-electron chi connectivity index (χ0n) is 12.1. The molecular formula is C15H14ClN5O2. The number of piperazine rings is 1. The standard InChI is InChI=1S/C15H14ClN5O2/c16-12-6-7-13(19-18-12)21-9-8-20(10-14(21)22)15(23)17-11-4-2-1-3-5-11/h1-7H,8-10H2,(H,17,23). The first-order chi connectivity index (χ1) is 11.1. The van der Waals surface area contributed by atoms with Gasteiger partial charge in [0.2, 0.25) is 5.91 Å². The van der Waals surface area contributed by atoms with Crippen LogP contribution in [0.4, 0.5) is 16.3 Å². The Bertz CT molecular complexity index is 708. The molecule has 2 heterocycles. The lowest BCUT2D eigenvalue weighted by molar-refractivity contribution is -0.120. The molecule has 0 spiro atoms. The highest BCUT2D eigenvalue weighted by molar-refractivity contribution is 6.29. The Kier molecular flexibility index (Phi) is 4.38. The van der Waals surface area contributed by atoms with Crippen LogP contribution in [0.3, 0.4) is 0 Å². The predicted molar refractivity (Wildman–Crippen MR) is 86.4 cm³/mol. The van der Waals surface area contributed by atoms with Crippen LogP contribution in [-0.2, 0) is 4.79 Å². The zero-order chi connectivity index (χ0) is 16.2. The number of urea groups is 1. The Balaban J connectivity index is 1.63. The topological polar surface area (TPSA) is 78.4 Å². The number of nitrogens with zero attached hydrogens (tertiary/aromatic N) is 4. The molecule has 0 radical (unpaired) electrons.